The number of benzene rings is 1. The molecule has 35 heavy (non-hydrogen) atoms. The molecule has 0 radical (unpaired) electrons. The van der Waals surface area contributed by atoms with Gasteiger partial charge >= 0.3 is 0 Å². The van der Waals surface area contributed by atoms with Gasteiger partial charge < -0.3 is 4.90 Å². The third-order valence-electron chi connectivity index (χ3n) is 6.69. The molecule has 0 bridgehead atoms. The fourth-order valence-corrected chi connectivity index (χ4v) is 6.74. The number of nitrogens with zero attached hydrogens (tertiary/aromatic N) is 3. The Morgan fingerprint density at radius 3 is 2.66 bits per heavy atom. The lowest BCUT2D eigenvalue weighted by molar-refractivity contribution is 0.512. The number of sulfonamides is 1. The molecule has 3 fully saturated rings. The van der Waals surface area contributed by atoms with E-state index in [1.807, 2.05) is 18.2 Å². The van der Waals surface area contributed by atoms with Crippen LogP contribution in [0.1, 0.15) is 49.4 Å². The number of rotatable bonds is 5. The molecule has 1 aromatic carbocycles. The van der Waals surface area contributed by atoms with Gasteiger partial charge in [-0.1, -0.05) is 39.9 Å². The third kappa shape index (κ3) is 4.67. The Bertz CT molecular complexity index is 1410. The number of nitrogens with one attached hydrogen (secondary N) is 1. The van der Waals surface area contributed by atoms with Crippen LogP contribution in [0.2, 0.25) is 0 Å². The largest absolute Gasteiger partial charge is 0.326 e. The van der Waals surface area contributed by atoms with Crippen molar-refractivity contribution in [1.82, 2.24) is 14.6 Å². The summed E-state index contributed by atoms with van der Waals surface area (Å²) in [4.78, 5) is 11.7. The summed E-state index contributed by atoms with van der Waals surface area (Å²) in [6, 6.07) is 9.53. The van der Waals surface area contributed by atoms with Crippen molar-refractivity contribution in [2.24, 2.45) is 10.9 Å². The zero-order chi connectivity index (χ0) is 24.2. The number of halogens is 2. The van der Waals surface area contributed by atoms with Gasteiger partial charge in [0.25, 0.3) is 0 Å². The first-order valence-corrected chi connectivity index (χ1v) is 14.2. The van der Waals surface area contributed by atoms with Gasteiger partial charge in [-0.3, -0.25) is 9.98 Å². The van der Waals surface area contributed by atoms with Gasteiger partial charge in [-0.25, -0.2) is 17.5 Å². The number of fused-ring (bicyclic) bond motifs is 1. The van der Waals surface area contributed by atoms with Gasteiger partial charge in [-0.2, -0.15) is 0 Å². The molecule has 2 atom stereocenters. The zero-order valence-electron chi connectivity index (χ0n) is 18.9. The molecule has 180 valence electrons. The second kappa shape index (κ2) is 8.84. The first kappa shape index (κ1) is 22.9. The normalized spacial score (nSPS) is 24.1. The van der Waals surface area contributed by atoms with Crippen LogP contribution in [-0.4, -0.2) is 42.0 Å². The van der Waals surface area contributed by atoms with Crippen LogP contribution in [0, 0.1) is 23.6 Å². The molecule has 9 heteroatoms. The van der Waals surface area contributed by atoms with Crippen molar-refractivity contribution >= 4 is 31.8 Å². The number of aromatic nitrogens is 1. The SMILES string of the molecule is O=S(=O)(NC1CC2=C(C#CC3CC3)C(c3ccc(F)cc3Br)N=C(c3ccccn3)N2C1)C1CC1. The lowest BCUT2D eigenvalue weighted by Crippen LogP contribution is -2.40. The van der Waals surface area contributed by atoms with E-state index in [9.17, 15) is 12.8 Å². The molecule has 0 spiro atoms. The van der Waals surface area contributed by atoms with E-state index in [4.69, 9.17) is 4.99 Å². The molecular weight excluding hydrogens is 531 g/mol. The average Bonchev–Trinajstić information content (AvgIpc) is 3.75. The molecule has 2 aliphatic heterocycles. The van der Waals surface area contributed by atoms with Crippen LogP contribution in [0.15, 0.2) is 63.3 Å². The van der Waals surface area contributed by atoms with E-state index in [2.05, 4.69) is 42.4 Å². The topological polar surface area (TPSA) is 74.7 Å². The fourth-order valence-electron chi connectivity index (χ4n) is 4.60. The summed E-state index contributed by atoms with van der Waals surface area (Å²) in [6.45, 7) is 0.461. The fraction of sp³-hybridized carbons (Fsp3) is 0.385. The first-order valence-electron chi connectivity index (χ1n) is 11.9. The van der Waals surface area contributed by atoms with Crippen LogP contribution in [0.5, 0.6) is 0 Å². The maximum absolute atomic E-state index is 13.9. The lowest BCUT2D eigenvalue weighted by atomic mass is 9.94. The maximum Gasteiger partial charge on any atom is 0.214 e. The van der Waals surface area contributed by atoms with Crippen LogP contribution in [0.25, 0.3) is 0 Å². The Morgan fingerprint density at radius 1 is 1.14 bits per heavy atom. The van der Waals surface area contributed by atoms with Crippen LogP contribution in [-0.2, 0) is 10.0 Å². The van der Waals surface area contributed by atoms with Gasteiger partial charge in [-0.05, 0) is 55.5 Å². The minimum Gasteiger partial charge on any atom is -0.326 e. The highest BCUT2D eigenvalue weighted by Crippen LogP contribution is 2.42. The molecule has 0 amide bonds. The van der Waals surface area contributed by atoms with E-state index in [-0.39, 0.29) is 17.1 Å². The van der Waals surface area contributed by atoms with Gasteiger partial charge in [-0.15, -0.1) is 0 Å². The van der Waals surface area contributed by atoms with E-state index in [0.29, 0.717) is 47.7 Å². The minimum atomic E-state index is -3.35. The van der Waals surface area contributed by atoms with Gasteiger partial charge in [0.2, 0.25) is 10.0 Å². The number of hydrogen-bond acceptors (Lipinski definition) is 5. The second-order valence-electron chi connectivity index (χ2n) is 9.51. The quantitative estimate of drug-likeness (QED) is 0.559. The van der Waals surface area contributed by atoms with Crippen molar-refractivity contribution in [3.63, 3.8) is 0 Å². The zero-order valence-corrected chi connectivity index (χ0v) is 21.3. The van der Waals surface area contributed by atoms with E-state index in [1.54, 1.807) is 12.3 Å². The monoisotopic (exact) mass is 554 g/mol. The predicted molar refractivity (Wildman–Crippen MR) is 135 cm³/mol. The van der Waals surface area contributed by atoms with E-state index < -0.39 is 16.1 Å². The van der Waals surface area contributed by atoms with Crippen molar-refractivity contribution in [3.05, 3.63) is 75.4 Å². The average molecular weight is 555 g/mol. The Balaban J connectivity index is 1.47. The summed E-state index contributed by atoms with van der Waals surface area (Å²) in [5.74, 6) is 7.50. The summed E-state index contributed by atoms with van der Waals surface area (Å²) < 4.78 is 42.9. The molecule has 2 aromatic rings. The smallest absolute Gasteiger partial charge is 0.214 e. The molecular formula is C26H24BrFN4O2S. The van der Waals surface area contributed by atoms with Crippen molar-refractivity contribution in [2.45, 2.75) is 49.4 Å². The summed E-state index contributed by atoms with van der Waals surface area (Å²) in [5, 5.41) is -0.282. The molecule has 6 nitrogen and oxygen atoms in total. The highest BCUT2D eigenvalue weighted by atomic mass is 79.9. The number of amidine groups is 1. The Labute approximate surface area is 212 Å². The number of pyridine rings is 1. The standard InChI is InChI=1S/C26H24BrFN4O2S/c27-22-13-17(28)7-11-20(22)25-21(10-6-16-4-5-16)24-14-18(31-35(33,34)19-8-9-19)15-32(24)26(30-25)23-3-1-2-12-29-23/h1-3,7,11-13,16,18-19,25,31H,4-5,8-9,14-15H2. The van der Waals surface area contributed by atoms with E-state index in [0.717, 1.165) is 29.7 Å². The summed E-state index contributed by atoms with van der Waals surface area (Å²) in [5.41, 5.74) is 3.32. The van der Waals surface area contributed by atoms with Gasteiger partial charge in [0.15, 0.2) is 5.84 Å². The van der Waals surface area contributed by atoms with Crippen molar-refractivity contribution in [3.8, 4) is 11.8 Å². The lowest BCUT2D eigenvalue weighted by Gasteiger charge is -2.31. The van der Waals surface area contributed by atoms with Gasteiger partial charge in [0.05, 0.1) is 10.8 Å². The molecule has 3 heterocycles. The summed E-state index contributed by atoms with van der Waals surface area (Å²) in [6.07, 6.45) is 5.85. The molecule has 2 aliphatic carbocycles. The van der Waals surface area contributed by atoms with E-state index >= 15 is 0 Å². The Morgan fingerprint density at radius 2 is 1.97 bits per heavy atom. The molecule has 1 saturated heterocycles. The number of aliphatic imine (C=N–C) groups is 1. The molecule has 4 aliphatic rings. The van der Waals surface area contributed by atoms with Crippen molar-refractivity contribution in [2.75, 3.05) is 6.54 Å². The van der Waals surface area contributed by atoms with Crippen LogP contribution in [0.4, 0.5) is 4.39 Å². The van der Waals surface area contributed by atoms with Crippen LogP contribution < -0.4 is 4.72 Å². The molecule has 2 unspecified atom stereocenters. The second-order valence-corrected chi connectivity index (χ2v) is 12.4. The molecule has 1 aromatic heterocycles. The molecule has 1 N–H and O–H groups in total. The van der Waals surface area contributed by atoms with Crippen LogP contribution in [0.3, 0.4) is 0 Å². The minimum absolute atomic E-state index is 0.280. The molecule has 2 saturated carbocycles. The first-order chi connectivity index (χ1) is 16.9. The van der Waals surface area contributed by atoms with Crippen molar-refractivity contribution in [1.29, 1.82) is 0 Å². The summed E-state index contributed by atoms with van der Waals surface area (Å²) >= 11 is 3.52. The summed E-state index contributed by atoms with van der Waals surface area (Å²) in [7, 11) is -3.35. The molecule has 6 rings (SSSR count). The Kier molecular flexibility index (Phi) is 5.78. The van der Waals surface area contributed by atoms with Crippen LogP contribution >= 0.6 is 15.9 Å². The third-order valence-corrected chi connectivity index (χ3v) is 9.39. The maximum atomic E-state index is 13.9. The predicted octanol–water partition coefficient (Wildman–Crippen LogP) is 4.31. The van der Waals surface area contributed by atoms with E-state index in [1.165, 1.54) is 12.1 Å². The highest BCUT2D eigenvalue weighted by Gasteiger charge is 2.43. The van der Waals surface area contributed by atoms with Gasteiger partial charge in [0.1, 0.15) is 17.6 Å². The van der Waals surface area contributed by atoms with Gasteiger partial charge in [0, 0.05) is 41.3 Å². The van der Waals surface area contributed by atoms with Crippen molar-refractivity contribution < 1.29 is 12.8 Å². The number of hydrogen-bond donors (Lipinski definition) is 1. The highest BCUT2D eigenvalue weighted by molar-refractivity contribution is 9.10. The Hall–Kier alpha value is -2.54.